The molecule has 0 N–H and O–H groups in total. The van der Waals surface area contributed by atoms with Crippen LogP contribution in [0, 0.1) is 5.41 Å². The smallest absolute Gasteiger partial charge is 0.291 e. The van der Waals surface area contributed by atoms with Gasteiger partial charge in [0.1, 0.15) is 0 Å². The summed E-state index contributed by atoms with van der Waals surface area (Å²) in [7, 11) is 0. The number of carbonyl (C=O) groups excluding carboxylic acids is 2. The first-order valence-corrected chi connectivity index (χ1v) is 8.74. The van der Waals surface area contributed by atoms with Gasteiger partial charge in [-0.2, -0.15) is 0 Å². The number of oxazole rings is 1. The predicted molar refractivity (Wildman–Crippen MR) is 92.1 cm³/mol. The molecule has 130 valence electrons. The molecule has 25 heavy (non-hydrogen) atoms. The highest BCUT2D eigenvalue weighted by atomic mass is 16.3. The van der Waals surface area contributed by atoms with Crippen LogP contribution in [0.4, 0.5) is 5.69 Å². The minimum Gasteiger partial charge on any atom is -0.438 e. The molecule has 0 aliphatic carbocycles. The van der Waals surface area contributed by atoms with Gasteiger partial charge in [0.25, 0.3) is 5.91 Å². The predicted octanol–water partition coefficient (Wildman–Crippen LogP) is 2.72. The fourth-order valence-corrected chi connectivity index (χ4v) is 4.00. The maximum Gasteiger partial charge on any atom is 0.291 e. The van der Waals surface area contributed by atoms with Gasteiger partial charge in [-0.15, -0.1) is 0 Å². The number of likely N-dealkylation sites (tertiary alicyclic amines) is 1. The molecule has 2 aliphatic rings. The van der Waals surface area contributed by atoms with Crippen LogP contribution in [-0.2, 0) is 4.79 Å². The molecule has 0 atom stereocenters. The fraction of sp³-hybridized carbons (Fsp3) is 0.421. The summed E-state index contributed by atoms with van der Waals surface area (Å²) in [5.41, 5.74) is 0.624. The molecule has 1 aromatic carbocycles. The van der Waals surface area contributed by atoms with E-state index in [0.29, 0.717) is 25.9 Å². The van der Waals surface area contributed by atoms with Gasteiger partial charge in [0.2, 0.25) is 11.7 Å². The van der Waals surface area contributed by atoms with Gasteiger partial charge >= 0.3 is 0 Å². The molecular weight excluding hydrogens is 318 g/mol. The van der Waals surface area contributed by atoms with Gasteiger partial charge in [0.15, 0.2) is 6.39 Å². The van der Waals surface area contributed by atoms with Crippen molar-refractivity contribution in [2.75, 3.05) is 24.5 Å². The van der Waals surface area contributed by atoms with E-state index < -0.39 is 0 Å². The van der Waals surface area contributed by atoms with Crippen molar-refractivity contribution in [3.05, 3.63) is 48.7 Å². The standard InChI is InChI=1S/C19H21N3O3/c23-17(16-13-20-14-25-16)21-11-8-19(9-12-21)7-4-10-22(18(19)24)15-5-2-1-3-6-15/h1-3,5-6,13-14H,4,7-12H2. The van der Waals surface area contributed by atoms with Crippen molar-refractivity contribution in [1.82, 2.24) is 9.88 Å². The van der Waals surface area contributed by atoms with Crippen LogP contribution < -0.4 is 4.90 Å². The Morgan fingerprint density at radius 3 is 2.52 bits per heavy atom. The minimum absolute atomic E-state index is 0.143. The minimum atomic E-state index is -0.341. The van der Waals surface area contributed by atoms with Crippen LogP contribution in [0.25, 0.3) is 0 Å². The van der Waals surface area contributed by atoms with E-state index in [0.717, 1.165) is 25.1 Å². The number of hydrogen-bond donors (Lipinski definition) is 0. The average molecular weight is 339 g/mol. The number of hydrogen-bond acceptors (Lipinski definition) is 4. The zero-order valence-corrected chi connectivity index (χ0v) is 14.1. The summed E-state index contributed by atoms with van der Waals surface area (Å²) in [6.45, 7) is 1.92. The van der Waals surface area contributed by atoms with Gasteiger partial charge < -0.3 is 14.2 Å². The van der Waals surface area contributed by atoms with Gasteiger partial charge in [-0.25, -0.2) is 4.98 Å². The molecule has 2 saturated heterocycles. The molecule has 6 nitrogen and oxygen atoms in total. The van der Waals surface area contributed by atoms with Crippen molar-refractivity contribution in [3.8, 4) is 0 Å². The molecular formula is C19H21N3O3. The van der Waals surface area contributed by atoms with E-state index in [-0.39, 0.29) is 23.0 Å². The topological polar surface area (TPSA) is 66.7 Å². The Balaban J connectivity index is 1.48. The molecule has 0 radical (unpaired) electrons. The molecule has 2 aromatic rings. The third kappa shape index (κ3) is 2.81. The zero-order chi connectivity index (χ0) is 17.3. The van der Waals surface area contributed by atoms with Gasteiger partial charge in [-0.05, 0) is 37.8 Å². The Morgan fingerprint density at radius 1 is 1.08 bits per heavy atom. The third-order valence-electron chi connectivity index (χ3n) is 5.45. The van der Waals surface area contributed by atoms with E-state index in [4.69, 9.17) is 4.42 Å². The number of amides is 2. The number of piperidine rings is 2. The number of nitrogens with zero attached hydrogens (tertiary/aromatic N) is 3. The third-order valence-corrected chi connectivity index (χ3v) is 5.45. The lowest BCUT2D eigenvalue weighted by atomic mass is 9.71. The first kappa shape index (κ1) is 15.9. The Morgan fingerprint density at radius 2 is 1.84 bits per heavy atom. The molecule has 2 amide bonds. The van der Waals surface area contributed by atoms with Gasteiger partial charge in [-0.1, -0.05) is 18.2 Å². The monoisotopic (exact) mass is 339 g/mol. The van der Waals surface area contributed by atoms with Gasteiger partial charge in [-0.3, -0.25) is 9.59 Å². The maximum atomic E-state index is 13.2. The molecule has 0 unspecified atom stereocenters. The molecule has 3 heterocycles. The van der Waals surface area contributed by atoms with Gasteiger partial charge in [0.05, 0.1) is 11.6 Å². The number of benzene rings is 1. The van der Waals surface area contributed by atoms with Crippen molar-refractivity contribution in [3.63, 3.8) is 0 Å². The molecule has 2 aliphatic heterocycles. The van der Waals surface area contributed by atoms with Crippen LogP contribution in [0.2, 0.25) is 0 Å². The van der Waals surface area contributed by atoms with Crippen LogP contribution in [0.5, 0.6) is 0 Å². The molecule has 4 rings (SSSR count). The van der Waals surface area contributed by atoms with E-state index in [1.54, 1.807) is 4.90 Å². The maximum absolute atomic E-state index is 13.2. The summed E-state index contributed by atoms with van der Waals surface area (Å²) in [6, 6.07) is 9.85. The van der Waals surface area contributed by atoms with Crippen LogP contribution in [-0.4, -0.2) is 41.3 Å². The molecule has 1 spiro atoms. The summed E-state index contributed by atoms with van der Waals surface area (Å²) in [5.74, 6) is 0.323. The second-order valence-electron chi connectivity index (χ2n) is 6.83. The Labute approximate surface area is 146 Å². The second-order valence-corrected chi connectivity index (χ2v) is 6.83. The molecule has 6 heteroatoms. The van der Waals surface area contributed by atoms with Crippen LogP contribution in [0.1, 0.15) is 36.2 Å². The molecule has 0 bridgehead atoms. The van der Waals surface area contributed by atoms with E-state index in [1.807, 2.05) is 35.2 Å². The Kier molecular flexibility index (Phi) is 4.03. The van der Waals surface area contributed by atoms with E-state index >= 15 is 0 Å². The number of carbonyl (C=O) groups is 2. The number of rotatable bonds is 2. The first-order chi connectivity index (χ1) is 12.2. The van der Waals surface area contributed by atoms with Crippen molar-refractivity contribution >= 4 is 17.5 Å². The number of para-hydroxylation sites is 1. The molecule has 0 saturated carbocycles. The van der Waals surface area contributed by atoms with E-state index in [1.165, 1.54) is 12.6 Å². The summed E-state index contributed by atoms with van der Waals surface area (Å²) in [4.78, 5) is 33.1. The lowest BCUT2D eigenvalue weighted by Crippen LogP contribution is -2.54. The summed E-state index contributed by atoms with van der Waals surface area (Å²) < 4.78 is 5.10. The van der Waals surface area contributed by atoms with E-state index in [9.17, 15) is 9.59 Å². The Hall–Kier alpha value is -2.63. The largest absolute Gasteiger partial charge is 0.438 e. The normalized spacial score (nSPS) is 20.1. The summed E-state index contributed by atoms with van der Waals surface area (Å²) >= 11 is 0. The highest BCUT2D eigenvalue weighted by Crippen LogP contribution is 2.42. The summed E-state index contributed by atoms with van der Waals surface area (Å²) in [5, 5.41) is 0. The fourth-order valence-electron chi connectivity index (χ4n) is 4.00. The average Bonchev–Trinajstić information content (AvgIpc) is 3.20. The number of anilines is 1. The molecule has 1 aromatic heterocycles. The Bertz CT molecular complexity index is 749. The first-order valence-electron chi connectivity index (χ1n) is 8.74. The lowest BCUT2D eigenvalue weighted by Gasteiger charge is -2.46. The summed E-state index contributed by atoms with van der Waals surface area (Å²) in [6.07, 6.45) is 6.01. The SMILES string of the molecule is O=C(c1cnco1)N1CCC2(CCCN(c3ccccc3)C2=O)CC1. The van der Waals surface area contributed by atoms with Crippen molar-refractivity contribution in [2.24, 2.45) is 5.41 Å². The highest BCUT2D eigenvalue weighted by Gasteiger charge is 2.46. The molecule has 2 fully saturated rings. The second kappa shape index (κ2) is 6.35. The lowest BCUT2D eigenvalue weighted by molar-refractivity contribution is -0.133. The van der Waals surface area contributed by atoms with Crippen LogP contribution in [0.15, 0.2) is 47.3 Å². The van der Waals surface area contributed by atoms with Crippen molar-refractivity contribution < 1.29 is 14.0 Å². The zero-order valence-electron chi connectivity index (χ0n) is 14.1. The van der Waals surface area contributed by atoms with Gasteiger partial charge in [0, 0.05) is 25.3 Å². The quantitative estimate of drug-likeness (QED) is 0.844. The van der Waals surface area contributed by atoms with Crippen LogP contribution >= 0.6 is 0 Å². The highest BCUT2D eigenvalue weighted by molar-refractivity contribution is 5.98. The van der Waals surface area contributed by atoms with Crippen molar-refractivity contribution in [1.29, 1.82) is 0 Å². The number of aromatic nitrogens is 1. The van der Waals surface area contributed by atoms with Crippen molar-refractivity contribution in [2.45, 2.75) is 25.7 Å². The van der Waals surface area contributed by atoms with E-state index in [2.05, 4.69) is 4.98 Å². The van der Waals surface area contributed by atoms with Crippen LogP contribution in [0.3, 0.4) is 0 Å².